The second kappa shape index (κ2) is 4.38. The van der Waals surface area contributed by atoms with Gasteiger partial charge in [-0.15, -0.1) is 0 Å². The molecule has 0 spiro atoms. The maximum absolute atomic E-state index is 9.72. The molecule has 0 aliphatic heterocycles. The summed E-state index contributed by atoms with van der Waals surface area (Å²) in [4.78, 5) is 4.18. The summed E-state index contributed by atoms with van der Waals surface area (Å²) in [7, 11) is 0. The lowest BCUT2D eigenvalue weighted by molar-refractivity contribution is 0.146. The fourth-order valence-corrected chi connectivity index (χ4v) is 1.24. The second-order valence-corrected chi connectivity index (χ2v) is 3.91. The number of aliphatic hydroxyl groups is 1. The molecule has 0 amide bonds. The van der Waals surface area contributed by atoms with Crippen LogP contribution in [0.4, 0.5) is 0 Å². The van der Waals surface area contributed by atoms with E-state index < -0.39 is 6.10 Å². The van der Waals surface area contributed by atoms with Crippen LogP contribution in [0.5, 0.6) is 0 Å². The molecule has 1 atom stereocenters. The van der Waals surface area contributed by atoms with Crippen LogP contribution in [0.2, 0.25) is 0 Å². The number of rotatable bonds is 3. The number of aryl methyl sites for hydroxylation is 1. The maximum Gasteiger partial charge on any atom is 0.0962 e. The third-order valence-electron chi connectivity index (χ3n) is 1.97. The summed E-state index contributed by atoms with van der Waals surface area (Å²) in [6, 6.07) is 3.87. The van der Waals surface area contributed by atoms with Gasteiger partial charge in [0.2, 0.25) is 0 Å². The van der Waals surface area contributed by atoms with Gasteiger partial charge < -0.3 is 5.11 Å². The van der Waals surface area contributed by atoms with E-state index in [1.807, 2.05) is 19.1 Å². The van der Waals surface area contributed by atoms with E-state index in [0.717, 1.165) is 17.7 Å². The lowest BCUT2D eigenvalue weighted by Gasteiger charge is -2.12. The Labute approximate surface area is 79.6 Å². The van der Waals surface area contributed by atoms with Gasteiger partial charge in [0.15, 0.2) is 0 Å². The molecule has 1 heterocycles. The van der Waals surface area contributed by atoms with Crippen LogP contribution in [0.15, 0.2) is 18.3 Å². The minimum atomic E-state index is -0.416. The van der Waals surface area contributed by atoms with Crippen molar-refractivity contribution in [2.45, 2.75) is 33.3 Å². The first-order valence-corrected chi connectivity index (χ1v) is 4.70. The molecule has 2 heteroatoms. The zero-order chi connectivity index (χ0) is 9.84. The Bertz CT molecular complexity index is 253. The molecule has 0 radical (unpaired) electrons. The zero-order valence-corrected chi connectivity index (χ0v) is 8.49. The number of hydrogen-bond donors (Lipinski definition) is 1. The summed E-state index contributed by atoms with van der Waals surface area (Å²) in [5.41, 5.74) is 1.90. The molecule has 0 aromatic carbocycles. The van der Waals surface area contributed by atoms with Gasteiger partial charge in [0.1, 0.15) is 0 Å². The molecule has 1 unspecified atom stereocenters. The van der Waals surface area contributed by atoms with Gasteiger partial charge in [0, 0.05) is 6.20 Å². The fourth-order valence-electron chi connectivity index (χ4n) is 1.24. The van der Waals surface area contributed by atoms with Crippen molar-refractivity contribution in [3.8, 4) is 0 Å². The summed E-state index contributed by atoms with van der Waals surface area (Å²) >= 11 is 0. The van der Waals surface area contributed by atoms with Crippen molar-refractivity contribution in [3.05, 3.63) is 29.6 Å². The minimum Gasteiger partial charge on any atom is -0.387 e. The lowest BCUT2D eigenvalue weighted by Crippen LogP contribution is -2.03. The fraction of sp³-hybridized carbons (Fsp3) is 0.545. The summed E-state index contributed by atoms with van der Waals surface area (Å²) in [6.45, 7) is 6.18. The molecule has 0 saturated heterocycles. The van der Waals surface area contributed by atoms with Crippen molar-refractivity contribution in [3.63, 3.8) is 0 Å². The van der Waals surface area contributed by atoms with Crippen molar-refractivity contribution in [1.82, 2.24) is 4.98 Å². The highest BCUT2D eigenvalue weighted by molar-refractivity contribution is 5.13. The van der Waals surface area contributed by atoms with Gasteiger partial charge >= 0.3 is 0 Å². The molecule has 0 aliphatic carbocycles. The van der Waals surface area contributed by atoms with Crippen LogP contribution in [0.1, 0.15) is 37.6 Å². The van der Waals surface area contributed by atoms with Crippen LogP contribution < -0.4 is 0 Å². The molecule has 1 aromatic heterocycles. The molecular weight excluding hydrogens is 162 g/mol. The molecule has 1 N–H and O–H groups in total. The van der Waals surface area contributed by atoms with Gasteiger partial charge in [0.05, 0.1) is 11.8 Å². The SMILES string of the molecule is Cc1ccc(C(O)CC(C)C)nc1. The molecule has 0 fully saturated rings. The first kappa shape index (κ1) is 10.2. The number of aromatic nitrogens is 1. The van der Waals surface area contributed by atoms with Crippen LogP contribution in [0, 0.1) is 12.8 Å². The molecule has 2 nitrogen and oxygen atoms in total. The van der Waals surface area contributed by atoms with E-state index in [9.17, 15) is 5.11 Å². The minimum absolute atomic E-state index is 0.416. The van der Waals surface area contributed by atoms with E-state index in [1.54, 1.807) is 6.20 Å². The highest BCUT2D eigenvalue weighted by Crippen LogP contribution is 2.18. The van der Waals surface area contributed by atoms with E-state index >= 15 is 0 Å². The topological polar surface area (TPSA) is 33.1 Å². The van der Waals surface area contributed by atoms with Crippen LogP contribution in [-0.4, -0.2) is 10.1 Å². The number of aliphatic hydroxyl groups excluding tert-OH is 1. The van der Waals surface area contributed by atoms with Crippen molar-refractivity contribution < 1.29 is 5.11 Å². The van der Waals surface area contributed by atoms with Gasteiger partial charge in [0.25, 0.3) is 0 Å². The Kier molecular flexibility index (Phi) is 3.43. The molecule has 0 bridgehead atoms. The smallest absolute Gasteiger partial charge is 0.0962 e. The van der Waals surface area contributed by atoms with Gasteiger partial charge in [-0.25, -0.2) is 0 Å². The van der Waals surface area contributed by atoms with Gasteiger partial charge in [-0.3, -0.25) is 4.98 Å². The van der Waals surface area contributed by atoms with E-state index in [-0.39, 0.29) is 0 Å². The Balaban J connectivity index is 2.66. The quantitative estimate of drug-likeness (QED) is 0.773. The maximum atomic E-state index is 9.72. The third kappa shape index (κ3) is 3.15. The molecule has 0 saturated carbocycles. The van der Waals surface area contributed by atoms with Gasteiger partial charge in [-0.05, 0) is 30.9 Å². The summed E-state index contributed by atoms with van der Waals surface area (Å²) in [5, 5.41) is 9.72. The molecular formula is C11H17NO. The van der Waals surface area contributed by atoms with Crippen molar-refractivity contribution >= 4 is 0 Å². The Morgan fingerprint density at radius 1 is 1.38 bits per heavy atom. The number of hydrogen-bond acceptors (Lipinski definition) is 2. The molecule has 1 aromatic rings. The number of nitrogens with zero attached hydrogens (tertiary/aromatic N) is 1. The average Bonchev–Trinajstić information content (AvgIpc) is 2.04. The first-order chi connectivity index (χ1) is 6.09. The normalized spacial score (nSPS) is 13.3. The van der Waals surface area contributed by atoms with Crippen LogP contribution in [-0.2, 0) is 0 Å². The van der Waals surface area contributed by atoms with Crippen LogP contribution >= 0.6 is 0 Å². The van der Waals surface area contributed by atoms with E-state index in [4.69, 9.17) is 0 Å². The Hall–Kier alpha value is -0.890. The van der Waals surface area contributed by atoms with Crippen molar-refractivity contribution in [2.24, 2.45) is 5.92 Å². The lowest BCUT2D eigenvalue weighted by atomic mass is 10.0. The second-order valence-electron chi connectivity index (χ2n) is 3.91. The Morgan fingerprint density at radius 3 is 2.54 bits per heavy atom. The number of pyridine rings is 1. The zero-order valence-electron chi connectivity index (χ0n) is 8.49. The van der Waals surface area contributed by atoms with Crippen molar-refractivity contribution in [1.29, 1.82) is 0 Å². The van der Waals surface area contributed by atoms with Crippen LogP contribution in [0.3, 0.4) is 0 Å². The average molecular weight is 179 g/mol. The van der Waals surface area contributed by atoms with Gasteiger partial charge in [-0.2, -0.15) is 0 Å². The first-order valence-electron chi connectivity index (χ1n) is 4.70. The monoisotopic (exact) mass is 179 g/mol. The summed E-state index contributed by atoms with van der Waals surface area (Å²) in [5.74, 6) is 0.498. The standard InChI is InChI=1S/C11H17NO/c1-8(2)6-11(13)10-5-4-9(3)7-12-10/h4-5,7-8,11,13H,6H2,1-3H3. The van der Waals surface area contributed by atoms with E-state index in [1.165, 1.54) is 0 Å². The Morgan fingerprint density at radius 2 is 2.08 bits per heavy atom. The van der Waals surface area contributed by atoms with E-state index in [2.05, 4.69) is 18.8 Å². The predicted molar refractivity (Wildman–Crippen MR) is 53.4 cm³/mol. The highest BCUT2D eigenvalue weighted by Gasteiger charge is 2.10. The largest absolute Gasteiger partial charge is 0.387 e. The predicted octanol–water partition coefficient (Wildman–Crippen LogP) is 2.47. The third-order valence-corrected chi connectivity index (χ3v) is 1.97. The summed E-state index contributed by atoms with van der Waals surface area (Å²) in [6.07, 6.45) is 2.15. The highest BCUT2D eigenvalue weighted by atomic mass is 16.3. The van der Waals surface area contributed by atoms with Crippen molar-refractivity contribution in [2.75, 3.05) is 0 Å². The molecule has 0 aliphatic rings. The molecule has 13 heavy (non-hydrogen) atoms. The summed E-state index contributed by atoms with van der Waals surface area (Å²) < 4.78 is 0. The molecule has 1 rings (SSSR count). The van der Waals surface area contributed by atoms with Crippen LogP contribution in [0.25, 0.3) is 0 Å². The van der Waals surface area contributed by atoms with Gasteiger partial charge in [-0.1, -0.05) is 19.9 Å². The molecule has 72 valence electrons. The van der Waals surface area contributed by atoms with E-state index in [0.29, 0.717) is 5.92 Å².